The van der Waals surface area contributed by atoms with E-state index in [4.69, 9.17) is 23.2 Å². The second-order valence-electron chi connectivity index (χ2n) is 7.17. The number of benzene rings is 3. The molecule has 0 heterocycles. The largest absolute Gasteiger partial charge is 0.348 e. The first-order valence-electron chi connectivity index (χ1n) is 9.71. The Morgan fingerprint density at radius 2 is 1.75 bits per heavy atom. The Morgan fingerprint density at radius 3 is 2.41 bits per heavy atom. The molecule has 0 saturated carbocycles. The van der Waals surface area contributed by atoms with Crippen LogP contribution in [-0.4, -0.2) is 25.2 Å². The third-order valence-electron chi connectivity index (χ3n) is 4.79. The highest BCUT2D eigenvalue weighted by Gasteiger charge is 2.28. The van der Waals surface area contributed by atoms with Crippen molar-refractivity contribution in [3.63, 3.8) is 0 Å². The van der Waals surface area contributed by atoms with E-state index >= 15 is 0 Å². The van der Waals surface area contributed by atoms with Crippen molar-refractivity contribution in [1.29, 1.82) is 0 Å². The normalized spacial score (nSPS) is 12.5. The van der Waals surface area contributed by atoms with Gasteiger partial charge in [-0.15, -0.1) is 0 Å². The summed E-state index contributed by atoms with van der Waals surface area (Å²) in [6, 6.07) is 20.1. The van der Waals surface area contributed by atoms with Gasteiger partial charge in [-0.05, 0) is 54.4 Å². The number of rotatable bonds is 8. The maximum absolute atomic E-state index is 13.3. The van der Waals surface area contributed by atoms with Crippen LogP contribution >= 0.6 is 39.1 Å². The number of nitrogens with one attached hydrogen (secondary N) is 1. The van der Waals surface area contributed by atoms with E-state index in [9.17, 15) is 13.2 Å². The maximum atomic E-state index is 13.3. The minimum Gasteiger partial charge on any atom is -0.348 e. The summed E-state index contributed by atoms with van der Waals surface area (Å²) >= 11 is 15.7. The third-order valence-corrected chi connectivity index (χ3v) is 7.68. The number of amides is 1. The zero-order valence-electron chi connectivity index (χ0n) is 17.1. The van der Waals surface area contributed by atoms with Gasteiger partial charge in [-0.25, -0.2) is 8.42 Å². The van der Waals surface area contributed by atoms with Gasteiger partial charge in [0.05, 0.1) is 17.5 Å². The van der Waals surface area contributed by atoms with E-state index in [0.717, 1.165) is 14.3 Å². The van der Waals surface area contributed by atoms with Crippen LogP contribution in [0.15, 0.2) is 82.2 Å². The molecular formula is C23H21BrCl2N2O3S. The van der Waals surface area contributed by atoms with Gasteiger partial charge in [0.1, 0.15) is 0 Å². The van der Waals surface area contributed by atoms with Gasteiger partial charge in [-0.2, -0.15) is 4.31 Å². The molecule has 0 unspecified atom stereocenters. The molecule has 0 saturated heterocycles. The van der Waals surface area contributed by atoms with Crippen LogP contribution < -0.4 is 5.32 Å². The second-order valence-corrected chi connectivity index (χ2v) is 10.9. The summed E-state index contributed by atoms with van der Waals surface area (Å²) in [6.07, 6.45) is 0. The van der Waals surface area contributed by atoms with Gasteiger partial charge in [0.15, 0.2) is 0 Å². The molecule has 0 bridgehead atoms. The van der Waals surface area contributed by atoms with Crippen molar-refractivity contribution in [2.45, 2.75) is 24.4 Å². The molecule has 0 spiro atoms. The molecule has 9 heteroatoms. The summed E-state index contributed by atoms with van der Waals surface area (Å²) in [5.74, 6) is -0.429. The standard InChI is InChI=1S/C23H21BrCl2N2O3S/c1-16(17-6-5-7-19(24)12-17)27-23(29)15-28(14-18-10-11-20(25)13-22(18)26)32(30,31)21-8-3-2-4-9-21/h2-13,16H,14-15H2,1H3,(H,27,29)/t16-/m0/s1. The molecule has 0 aromatic heterocycles. The number of carbonyl (C=O) groups excluding carboxylic acids is 1. The summed E-state index contributed by atoms with van der Waals surface area (Å²) in [7, 11) is -3.95. The lowest BCUT2D eigenvalue weighted by Crippen LogP contribution is -2.41. The van der Waals surface area contributed by atoms with Crippen molar-refractivity contribution >= 4 is 55.1 Å². The van der Waals surface area contributed by atoms with Crippen molar-refractivity contribution in [2.24, 2.45) is 0 Å². The maximum Gasteiger partial charge on any atom is 0.243 e. The average Bonchev–Trinajstić information content (AvgIpc) is 2.75. The molecule has 0 fully saturated rings. The van der Waals surface area contributed by atoms with Gasteiger partial charge >= 0.3 is 0 Å². The van der Waals surface area contributed by atoms with Crippen LogP contribution in [0, 0.1) is 0 Å². The zero-order chi connectivity index (χ0) is 23.3. The quantitative estimate of drug-likeness (QED) is 0.380. The first-order chi connectivity index (χ1) is 15.2. The second kappa shape index (κ2) is 10.8. The van der Waals surface area contributed by atoms with Crippen LogP contribution in [-0.2, 0) is 21.4 Å². The summed E-state index contributed by atoms with van der Waals surface area (Å²) in [5.41, 5.74) is 1.44. The lowest BCUT2D eigenvalue weighted by atomic mass is 10.1. The van der Waals surface area contributed by atoms with Crippen LogP contribution in [0.5, 0.6) is 0 Å². The Hall–Kier alpha value is -1.90. The molecule has 32 heavy (non-hydrogen) atoms. The topological polar surface area (TPSA) is 66.5 Å². The van der Waals surface area contributed by atoms with Gasteiger partial charge in [0, 0.05) is 21.1 Å². The Morgan fingerprint density at radius 1 is 1.03 bits per heavy atom. The van der Waals surface area contributed by atoms with Crippen LogP contribution in [0.1, 0.15) is 24.1 Å². The van der Waals surface area contributed by atoms with Crippen LogP contribution in [0.3, 0.4) is 0 Å². The molecule has 3 aromatic carbocycles. The SMILES string of the molecule is C[C@H](NC(=O)CN(Cc1ccc(Cl)cc1Cl)S(=O)(=O)c1ccccc1)c1cccc(Br)c1. The zero-order valence-corrected chi connectivity index (χ0v) is 21.0. The van der Waals surface area contributed by atoms with Crippen LogP contribution in [0.2, 0.25) is 10.0 Å². The highest BCUT2D eigenvalue weighted by atomic mass is 79.9. The van der Waals surface area contributed by atoms with Gasteiger partial charge in [0.2, 0.25) is 15.9 Å². The molecule has 3 rings (SSSR count). The van der Waals surface area contributed by atoms with E-state index in [1.807, 2.05) is 31.2 Å². The molecule has 1 atom stereocenters. The van der Waals surface area contributed by atoms with Gasteiger partial charge in [-0.3, -0.25) is 4.79 Å². The minimum atomic E-state index is -3.95. The molecule has 5 nitrogen and oxygen atoms in total. The molecule has 0 aliphatic rings. The monoisotopic (exact) mass is 554 g/mol. The fourth-order valence-corrected chi connectivity index (χ4v) is 5.39. The van der Waals surface area contributed by atoms with E-state index in [-0.39, 0.29) is 24.0 Å². The summed E-state index contributed by atoms with van der Waals surface area (Å²) in [6.45, 7) is 1.40. The number of carbonyl (C=O) groups is 1. The molecule has 3 aromatic rings. The minimum absolute atomic E-state index is 0.0775. The van der Waals surface area contributed by atoms with Crippen LogP contribution in [0.25, 0.3) is 0 Å². The number of hydrogen-bond acceptors (Lipinski definition) is 3. The van der Waals surface area contributed by atoms with Crippen molar-refractivity contribution < 1.29 is 13.2 Å². The molecule has 0 aliphatic carbocycles. The lowest BCUT2D eigenvalue weighted by molar-refractivity contribution is -0.122. The molecule has 0 aliphatic heterocycles. The Kier molecular flexibility index (Phi) is 8.36. The highest BCUT2D eigenvalue weighted by Crippen LogP contribution is 2.25. The predicted molar refractivity (Wildman–Crippen MR) is 131 cm³/mol. The number of sulfonamides is 1. The van der Waals surface area contributed by atoms with Gasteiger partial charge < -0.3 is 5.32 Å². The van der Waals surface area contributed by atoms with E-state index in [0.29, 0.717) is 15.6 Å². The van der Waals surface area contributed by atoms with Crippen molar-refractivity contribution in [3.05, 3.63) is 98.4 Å². The van der Waals surface area contributed by atoms with Crippen molar-refractivity contribution in [3.8, 4) is 0 Å². The van der Waals surface area contributed by atoms with Crippen molar-refractivity contribution in [2.75, 3.05) is 6.54 Å². The van der Waals surface area contributed by atoms with Gasteiger partial charge in [-0.1, -0.05) is 75.5 Å². The van der Waals surface area contributed by atoms with E-state index in [2.05, 4.69) is 21.2 Å². The first kappa shape index (κ1) is 24.7. The Bertz CT molecular complexity index is 1210. The fourth-order valence-electron chi connectivity index (χ4n) is 3.11. The van der Waals surface area contributed by atoms with Crippen molar-refractivity contribution in [1.82, 2.24) is 9.62 Å². The molecule has 1 N–H and O–H groups in total. The predicted octanol–water partition coefficient (Wildman–Crippen LogP) is 5.82. The average molecular weight is 556 g/mol. The number of hydrogen-bond donors (Lipinski definition) is 1. The summed E-state index contributed by atoms with van der Waals surface area (Å²) < 4.78 is 28.6. The lowest BCUT2D eigenvalue weighted by Gasteiger charge is -2.24. The molecule has 1 amide bonds. The van der Waals surface area contributed by atoms with E-state index in [1.165, 1.54) is 12.1 Å². The Balaban J connectivity index is 1.85. The fraction of sp³-hybridized carbons (Fsp3) is 0.174. The smallest absolute Gasteiger partial charge is 0.243 e. The third kappa shape index (κ3) is 6.33. The first-order valence-corrected chi connectivity index (χ1v) is 12.7. The molecule has 0 radical (unpaired) electrons. The summed E-state index contributed by atoms with van der Waals surface area (Å²) in [5, 5.41) is 3.64. The molecule has 168 valence electrons. The summed E-state index contributed by atoms with van der Waals surface area (Å²) in [4.78, 5) is 12.9. The van der Waals surface area contributed by atoms with Crippen LogP contribution in [0.4, 0.5) is 0 Å². The molecular weight excluding hydrogens is 535 g/mol. The number of nitrogens with zero attached hydrogens (tertiary/aromatic N) is 1. The van der Waals surface area contributed by atoms with Gasteiger partial charge in [0.25, 0.3) is 0 Å². The van der Waals surface area contributed by atoms with E-state index in [1.54, 1.807) is 36.4 Å². The highest BCUT2D eigenvalue weighted by molar-refractivity contribution is 9.10. The Labute approximate surface area is 206 Å². The number of halogens is 3. The van der Waals surface area contributed by atoms with E-state index < -0.39 is 15.9 Å².